The molecule has 6 heteroatoms. The van der Waals surface area contributed by atoms with Crippen molar-refractivity contribution < 1.29 is 5.11 Å². The van der Waals surface area contributed by atoms with Crippen molar-refractivity contribution in [3.63, 3.8) is 0 Å². The van der Waals surface area contributed by atoms with E-state index in [9.17, 15) is 0 Å². The van der Waals surface area contributed by atoms with Crippen molar-refractivity contribution in [3.8, 4) is 11.7 Å². The predicted octanol–water partition coefficient (Wildman–Crippen LogP) is 2.28. The van der Waals surface area contributed by atoms with E-state index in [2.05, 4.69) is 10.1 Å². The van der Waals surface area contributed by atoms with E-state index in [-0.39, 0.29) is 6.01 Å². The van der Waals surface area contributed by atoms with Gasteiger partial charge in [0, 0.05) is 5.02 Å². The first kappa shape index (κ1) is 9.30. The molecule has 72 valence electrons. The van der Waals surface area contributed by atoms with Crippen LogP contribution in [0.1, 0.15) is 0 Å². The highest BCUT2D eigenvalue weighted by atomic mass is 35.5. The van der Waals surface area contributed by atoms with Gasteiger partial charge in [0.1, 0.15) is 6.33 Å². The van der Waals surface area contributed by atoms with Gasteiger partial charge in [-0.25, -0.2) is 4.68 Å². The highest BCUT2D eigenvalue weighted by Gasteiger charge is 2.05. The maximum Gasteiger partial charge on any atom is 0.333 e. The standard InChI is InChI=1S/C8H5Cl2N3O/c9-5-1-2-7(6(10)3-5)13-4-11-8(14)12-13/h1-4H,(H,12,14). The van der Waals surface area contributed by atoms with Gasteiger partial charge in [-0.3, -0.25) is 0 Å². The first-order valence-corrected chi connectivity index (χ1v) is 4.48. The lowest BCUT2D eigenvalue weighted by Gasteiger charge is -2.02. The molecule has 0 aliphatic rings. The second kappa shape index (κ2) is 3.48. The van der Waals surface area contributed by atoms with Crippen LogP contribution < -0.4 is 0 Å². The predicted molar refractivity (Wildman–Crippen MR) is 53.0 cm³/mol. The Kier molecular flexibility index (Phi) is 2.31. The maximum absolute atomic E-state index is 8.95. The van der Waals surface area contributed by atoms with E-state index in [0.29, 0.717) is 15.7 Å². The fourth-order valence-electron chi connectivity index (χ4n) is 1.04. The number of hydrogen-bond acceptors (Lipinski definition) is 3. The molecule has 0 atom stereocenters. The lowest BCUT2D eigenvalue weighted by molar-refractivity contribution is 0.430. The summed E-state index contributed by atoms with van der Waals surface area (Å²) >= 11 is 11.6. The molecule has 0 aliphatic carbocycles. The normalized spacial score (nSPS) is 10.4. The Hall–Kier alpha value is -1.26. The molecule has 0 unspecified atom stereocenters. The minimum atomic E-state index is -0.295. The van der Waals surface area contributed by atoms with Gasteiger partial charge in [-0.1, -0.05) is 23.2 Å². The van der Waals surface area contributed by atoms with Gasteiger partial charge in [0.25, 0.3) is 0 Å². The third kappa shape index (κ3) is 1.66. The summed E-state index contributed by atoms with van der Waals surface area (Å²) in [5, 5.41) is 13.6. The molecule has 4 nitrogen and oxygen atoms in total. The molecule has 0 spiro atoms. The fraction of sp³-hybridized carbons (Fsp3) is 0. The van der Waals surface area contributed by atoms with E-state index >= 15 is 0 Å². The number of benzene rings is 1. The molecule has 0 saturated heterocycles. The molecule has 1 aromatic carbocycles. The maximum atomic E-state index is 8.95. The summed E-state index contributed by atoms with van der Waals surface area (Å²) in [5.41, 5.74) is 0.615. The van der Waals surface area contributed by atoms with Crippen LogP contribution >= 0.6 is 23.2 Å². The number of halogens is 2. The quantitative estimate of drug-likeness (QED) is 0.817. The van der Waals surface area contributed by atoms with Crippen molar-refractivity contribution in [2.75, 3.05) is 0 Å². The number of nitrogens with zero attached hydrogens (tertiary/aromatic N) is 3. The number of hydrogen-bond donors (Lipinski definition) is 1. The van der Waals surface area contributed by atoms with Crippen molar-refractivity contribution in [1.82, 2.24) is 14.8 Å². The van der Waals surface area contributed by atoms with E-state index in [1.807, 2.05) is 0 Å². The van der Waals surface area contributed by atoms with Crippen LogP contribution in [0.25, 0.3) is 5.69 Å². The van der Waals surface area contributed by atoms with E-state index in [0.717, 1.165) is 0 Å². The van der Waals surface area contributed by atoms with Crippen LogP contribution in [-0.4, -0.2) is 19.9 Å². The van der Waals surface area contributed by atoms with Gasteiger partial charge in [0.15, 0.2) is 0 Å². The average Bonchev–Trinajstić information content (AvgIpc) is 2.51. The van der Waals surface area contributed by atoms with Gasteiger partial charge < -0.3 is 5.11 Å². The Morgan fingerprint density at radius 1 is 1.29 bits per heavy atom. The molecule has 0 aliphatic heterocycles. The van der Waals surface area contributed by atoms with Gasteiger partial charge in [0.2, 0.25) is 0 Å². The molecule has 2 rings (SSSR count). The fourth-order valence-corrected chi connectivity index (χ4v) is 1.53. The third-order valence-corrected chi connectivity index (χ3v) is 2.17. The van der Waals surface area contributed by atoms with Crippen LogP contribution in [0.2, 0.25) is 10.0 Å². The summed E-state index contributed by atoms with van der Waals surface area (Å²) in [6.07, 6.45) is 1.37. The van der Waals surface area contributed by atoms with E-state index < -0.39 is 0 Å². The summed E-state index contributed by atoms with van der Waals surface area (Å²) in [6, 6.07) is 4.67. The highest BCUT2D eigenvalue weighted by molar-refractivity contribution is 6.35. The molecule has 0 fully saturated rings. The van der Waals surface area contributed by atoms with Crippen LogP contribution in [0.4, 0.5) is 0 Å². The van der Waals surface area contributed by atoms with Crippen LogP contribution in [-0.2, 0) is 0 Å². The molecule has 0 saturated carbocycles. The first-order valence-electron chi connectivity index (χ1n) is 3.73. The van der Waals surface area contributed by atoms with Crippen LogP contribution in [0.3, 0.4) is 0 Å². The molecule has 1 N–H and O–H groups in total. The largest absolute Gasteiger partial charge is 0.478 e. The van der Waals surface area contributed by atoms with Gasteiger partial charge in [-0.15, -0.1) is 5.10 Å². The molecule has 1 aromatic heterocycles. The monoisotopic (exact) mass is 229 g/mol. The second-order valence-electron chi connectivity index (χ2n) is 2.58. The molecular formula is C8H5Cl2N3O. The molecule has 0 amide bonds. The Morgan fingerprint density at radius 3 is 2.64 bits per heavy atom. The van der Waals surface area contributed by atoms with Crippen LogP contribution in [0.5, 0.6) is 6.01 Å². The SMILES string of the molecule is Oc1ncn(-c2ccc(Cl)cc2Cl)n1. The minimum Gasteiger partial charge on any atom is -0.478 e. The second-order valence-corrected chi connectivity index (χ2v) is 3.43. The van der Waals surface area contributed by atoms with Gasteiger partial charge >= 0.3 is 6.01 Å². The van der Waals surface area contributed by atoms with Crippen molar-refractivity contribution in [3.05, 3.63) is 34.6 Å². The molecular weight excluding hydrogens is 225 g/mol. The number of aromatic nitrogens is 3. The molecule has 0 bridgehead atoms. The lowest BCUT2D eigenvalue weighted by Crippen LogP contribution is -1.94. The summed E-state index contributed by atoms with van der Waals surface area (Å²) < 4.78 is 1.37. The lowest BCUT2D eigenvalue weighted by atomic mass is 10.3. The van der Waals surface area contributed by atoms with Gasteiger partial charge in [-0.2, -0.15) is 4.98 Å². The number of rotatable bonds is 1. The Balaban J connectivity index is 2.52. The van der Waals surface area contributed by atoms with Gasteiger partial charge in [-0.05, 0) is 18.2 Å². The smallest absolute Gasteiger partial charge is 0.333 e. The zero-order valence-electron chi connectivity index (χ0n) is 6.85. The summed E-state index contributed by atoms with van der Waals surface area (Å²) in [7, 11) is 0. The Bertz CT molecular complexity index is 469. The minimum absolute atomic E-state index is 0.295. The zero-order valence-corrected chi connectivity index (χ0v) is 8.37. The van der Waals surface area contributed by atoms with Crippen molar-refractivity contribution in [2.45, 2.75) is 0 Å². The van der Waals surface area contributed by atoms with E-state index in [4.69, 9.17) is 28.3 Å². The Morgan fingerprint density at radius 2 is 2.07 bits per heavy atom. The van der Waals surface area contributed by atoms with Crippen LogP contribution in [0.15, 0.2) is 24.5 Å². The molecule has 1 heterocycles. The molecule has 0 radical (unpaired) electrons. The van der Waals surface area contributed by atoms with Crippen molar-refractivity contribution in [2.24, 2.45) is 0 Å². The molecule has 2 aromatic rings. The van der Waals surface area contributed by atoms with E-state index in [1.54, 1.807) is 18.2 Å². The van der Waals surface area contributed by atoms with E-state index in [1.165, 1.54) is 11.0 Å². The van der Waals surface area contributed by atoms with Gasteiger partial charge in [0.05, 0.1) is 10.7 Å². The average molecular weight is 230 g/mol. The topological polar surface area (TPSA) is 50.9 Å². The van der Waals surface area contributed by atoms with Crippen molar-refractivity contribution in [1.29, 1.82) is 0 Å². The summed E-state index contributed by atoms with van der Waals surface area (Å²) in [5.74, 6) is 0. The van der Waals surface area contributed by atoms with Crippen molar-refractivity contribution >= 4 is 23.2 Å². The molecule has 14 heavy (non-hydrogen) atoms. The number of aromatic hydroxyl groups is 1. The summed E-state index contributed by atoms with van der Waals surface area (Å²) in [6.45, 7) is 0. The van der Waals surface area contributed by atoms with Crippen LogP contribution in [0, 0.1) is 0 Å². The summed E-state index contributed by atoms with van der Waals surface area (Å²) in [4.78, 5) is 3.57. The Labute approximate surface area is 89.7 Å². The third-order valence-electron chi connectivity index (χ3n) is 1.64. The highest BCUT2D eigenvalue weighted by Crippen LogP contribution is 2.23. The first-order chi connectivity index (χ1) is 6.66. The zero-order chi connectivity index (χ0) is 10.1.